The summed E-state index contributed by atoms with van der Waals surface area (Å²) in [6.07, 6.45) is 1.58. The predicted molar refractivity (Wildman–Crippen MR) is 70.1 cm³/mol. The molecule has 0 aliphatic heterocycles. The van der Waals surface area contributed by atoms with Gasteiger partial charge in [0.15, 0.2) is 5.78 Å². The Bertz CT molecular complexity index is 698. The third-order valence-corrected chi connectivity index (χ3v) is 2.81. The summed E-state index contributed by atoms with van der Waals surface area (Å²) in [6.45, 7) is 5.15. The fourth-order valence-corrected chi connectivity index (χ4v) is 2.02. The van der Waals surface area contributed by atoms with Crippen LogP contribution in [0.1, 0.15) is 17.3 Å². The number of fused-ring (bicyclic) bond motifs is 1. The first-order valence-electron chi connectivity index (χ1n) is 5.54. The molecule has 1 N–H and O–H groups in total. The number of hydrogen-bond donors (Lipinski definition) is 1. The number of carbonyl (C=O) groups excluding carboxylic acids is 1. The predicted octanol–water partition coefficient (Wildman–Crippen LogP) is 2.10. The summed E-state index contributed by atoms with van der Waals surface area (Å²) in [7, 11) is 0. The molecule has 18 heavy (non-hydrogen) atoms. The molecule has 2 rings (SSSR count). The molecule has 0 saturated heterocycles. The molecule has 0 atom stereocenters. The van der Waals surface area contributed by atoms with Crippen LogP contribution in [0.15, 0.2) is 41.7 Å². The van der Waals surface area contributed by atoms with E-state index in [9.17, 15) is 14.7 Å². The van der Waals surface area contributed by atoms with E-state index in [4.69, 9.17) is 0 Å². The standard InChI is InChI=1S/C14H13NO3/c1-3-8-15-11-7-5-4-6-10(11)13(17)12(9(2)16)14(15)18/h3-7,17H,1,8H2,2H3. The van der Waals surface area contributed by atoms with Crippen LogP contribution in [-0.2, 0) is 6.54 Å². The van der Waals surface area contributed by atoms with Crippen molar-refractivity contribution in [3.63, 3.8) is 0 Å². The third kappa shape index (κ3) is 1.72. The molecule has 92 valence electrons. The topological polar surface area (TPSA) is 59.3 Å². The first-order chi connectivity index (χ1) is 8.57. The molecule has 1 aromatic carbocycles. The van der Waals surface area contributed by atoms with Crippen LogP contribution < -0.4 is 5.56 Å². The molecule has 0 amide bonds. The Labute approximate surface area is 104 Å². The summed E-state index contributed by atoms with van der Waals surface area (Å²) in [5.74, 6) is -0.690. The molecule has 2 aromatic rings. The number of aromatic nitrogens is 1. The Hall–Kier alpha value is -2.36. The van der Waals surface area contributed by atoms with Crippen molar-refractivity contribution in [3.8, 4) is 5.75 Å². The number of hydrogen-bond acceptors (Lipinski definition) is 3. The van der Waals surface area contributed by atoms with Gasteiger partial charge in [-0.2, -0.15) is 0 Å². The van der Waals surface area contributed by atoms with Crippen LogP contribution in [0.3, 0.4) is 0 Å². The third-order valence-electron chi connectivity index (χ3n) is 2.81. The molecule has 4 nitrogen and oxygen atoms in total. The lowest BCUT2D eigenvalue weighted by atomic mass is 10.1. The van der Waals surface area contributed by atoms with Gasteiger partial charge in [-0.1, -0.05) is 18.2 Å². The van der Waals surface area contributed by atoms with Crippen molar-refractivity contribution >= 4 is 16.7 Å². The summed E-state index contributed by atoms with van der Waals surface area (Å²) in [5, 5.41) is 10.5. The smallest absolute Gasteiger partial charge is 0.266 e. The maximum Gasteiger partial charge on any atom is 0.266 e. The van der Waals surface area contributed by atoms with E-state index in [1.54, 1.807) is 30.3 Å². The van der Waals surface area contributed by atoms with E-state index >= 15 is 0 Å². The van der Waals surface area contributed by atoms with Crippen molar-refractivity contribution < 1.29 is 9.90 Å². The van der Waals surface area contributed by atoms with Crippen LogP contribution in [0.4, 0.5) is 0 Å². The Morgan fingerprint density at radius 2 is 2.11 bits per heavy atom. The fourth-order valence-electron chi connectivity index (χ4n) is 2.02. The van der Waals surface area contributed by atoms with Crippen LogP contribution in [0.5, 0.6) is 5.75 Å². The van der Waals surface area contributed by atoms with Gasteiger partial charge < -0.3 is 9.67 Å². The van der Waals surface area contributed by atoms with Crippen molar-refractivity contribution in [3.05, 3.63) is 52.8 Å². The quantitative estimate of drug-likeness (QED) is 0.663. The number of aromatic hydroxyl groups is 1. The zero-order valence-corrected chi connectivity index (χ0v) is 10.0. The zero-order valence-electron chi connectivity index (χ0n) is 10.0. The van der Waals surface area contributed by atoms with Gasteiger partial charge in [-0.25, -0.2) is 0 Å². The van der Waals surface area contributed by atoms with Crippen LogP contribution in [0, 0.1) is 0 Å². The molecule has 0 bridgehead atoms. The summed E-state index contributed by atoms with van der Waals surface area (Å²) >= 11 is 0. The number of nitrogens with zero attached hydrogens (tertiary/aromatic N) is 1. The lowest BCUT2D eigenvalue weighted by Gasteiger charge is -2.12. The van der Waals surface area contributed by atoms with Gasteiger partial charge in [0, 0.05) is 11.9 Å². The monoisotopic (exact) mass is 243 g/mol. The summed E-state index contributed by atoms with van der Waals surface area (Å²) in [5.41, 5.74) is -0.0703. The number of benzene rings is 1. The zero-order chi connectivity index (χ0) is 13.3. The maximum atomic E-state index is 12.2. The summed E-state index contributed by atoms with van der Waals surface area (Å²) in [4.78, 5) is 23.7. The second-order valence-corrected chi connectivity index (χ2v) is 4.00. The highest BCUT2D eigenvalue weighted by atomic mass is 16.3. The van der Waals surface area contributed by atoms with E-state index in [1.165, 1.54) is 11.5 Å². The highest BCUT2D eigenvalue weighted by Crippen LogP contribution is 2.26. The van der Waals surface area contributed by atoms with Crippen molar-refractivity contribution in [1.29, 1.82) is 0 Å². The van der Waals surface area contributed by atoms with Gasteiger partial charge in [-0.05, 0) is 19.1 Å². The average Bonchev–Trinajstić information content (AvgIpc) is 2.34. The van der Waals surface area contributed by atoms with Crippen molar-refractivity contribution in [2.45, 2.75) is 13.5 Å². The number of carbonyl (C=O) groups is 1. The first kappa shape index (κ1) is 12.1. The highest BCUT2D eigenvalue weighted by molar-refractivity contribution is 6.02. The van der Waals surface area contributed by atoms with Crippen LogP contribution in [0.25, 0.3) is 10.9 Å². The van der Waals surface area contributed by atoms with Crippen LogP contribution in [0.2, 0.25) is 0 Å². The molecule has 0 aliphatic carbocycles. The number of pyridine rings is 1. The van der Waals surface area contributed by atoms with Crippen molar-refractivity contribution in [2.24, 2.45) is 0 Å². The first-order valence-corrected chi connectivity index (χ1v) is 5.54. The van der Waals surface area contributed by atoms with Gasteiger partial charge in [-0.15, -0.1) is 6.58 Å². The molecule has 0 fully saturated rings. The van der Waals surface area contributed by atoms with E-state index < -0.39 is 11.3 Å². The summed E-state index contributed by atoms with van der Waals surface area (Å²) in [6, 6.07) is 6.92. The Kier molecular flexibility index (Phi) is 3.02. The highest BCUT2D eigenvalue weighted by Gasteiger charge is 2.18. The Morgan fingerprint density at radius 3 is 2.72 bits per heavy atom. The largest absolute Gasteiger partial charge is 0.506 e. The summed E-state index contributed by atoms with van der Waals surface area (Å²) < 4.78 is 1.43. The van der Waals surface area contributed by atoms with E-state index in [0.717, 1.165) is 0 Å². The van der Waals surface area contributed by atoms with Crippen molar-refractivity contribution in [2.75, 3.05) is 0 Å². The molecule has 0 radical (unpaired) electrons. The van der Waals surface area contributed by atoms with Gasteiger partial charge in [0.1, 0.15) is 11.3 Å². The lowest BCUT2D eigenvalue weighted by molar-refractivity contribution is 0.101. The molecule has 4 heteroatoms. The Balaban J connectivity index is 3.01. The lowest BCUT2D eigenvalue weighted by Crippen LogP contribution is -2.25. The molecule has 0 spiro atoms. The second-order valence-electron chi connectivity index (χ2n) is 4.00. The van der Waals surface area contributed by atoms with Gasteiger partial charge in [0.05, 0.1) is 5.52 Å². The molecule has 0 aliphatic rings. The fraction of sp³-hybridized carbons (Fsp3) is 0.143. The van der Waals surface area contributed by atoms with E-state index in [2.05, 4.69) is 6.58 Å². The van der Waals surface area contributed by atoms with E-state index in [1.807, 2.05) is 0 Å². The van der Waals surface area contributed by atoms with E-state index in [-0.39, 0.29) is 11.3 Å². The normalized spacial score (nSPS) is 10.5. The van der Waals surface area contributed by atoms with E-state index in [0.29, 0.717) is 17.4 Å². The minimum atomic E-state index is -0.487. The van der Waals surface area contributed by atoms with Crippen LogP contribution in [-0.4, -0.2) is 15.5 Å². The molecular weight excluding hydrogens is 230 g/mol. The maximum absolute atomic E-state index is 12.2. The van der Waals surface area contributed by atoms with Gasteiger partial charge in [-0.3, -0.25) is 9.59 Å². The van der Waals surface area contributed by atoms with Crippen molar-refractivity contribution in [1.82, 2.24) is 4.57 Å². The molecular formula is C14H13NO3. The minimum absolute atomic E-state index is 0.171. The Morgan fingerprint density at radius 1 is 1.44 bits per heavy atom. The molecule has 0 saturated carbocycles. The minimum Gasteiger partial charge on any atom is -0.506 e. The number of rotatable bonds is 3. The molecule has 0 unspecified atom stereocenters. The number of allylic oxidation sites excluding steroid dienone is 1. The van der Waals surface area contributed by atoms with Gasteiger partial charge in [0.2, 0.25) is 0 Å². The SMILES string of the molecule is C=CCn1c(=O)c(C(C)=O)c(O)c2ccccc21. The average molecular weight is 243 g/mol. The molecule has 1 aromatic heterocycles. The van der Waals surface area contributed by atoms with Crippen LogP contribution >= 0.6 is 0 Å². The van der Waals surface area contributed by atoms with Gasteiger partial charge >= 0.3 is 0 Å². The number of para-hydroxylation sites is 1. The number of ketones is 1. The van der Waals surface area contributed by atoms with Gasteiger partial charge in [0.25, 0.3) is 5.56 Å². The molecule has 1 heterocycles. The second kappa shape index (κ2) is 4.49. The number of Topliss-reactive ketones (excluding diaryl/α,β-unsaturated/α-hetero) is 1.